The van der Waals surface area contributed by atoms with Gasteiger partial charge in [-0.3, -0.25) is 0 Å². The Kier molecular flexibility index (Phi) is 6.92. The van der Waals surface area contributed by atoms with Gasteiger partial charge in [-0.05, 0) is 34.0 Å². The lowest BCUT2D eigenvalue weighted by atomic mass is 10.2. The first-order chi connectivity index (χ1) is 7.05. The average Bonchev–Trinajstić information content (AvgIpc) is 2.16. The van der Waals surface area contributed by atoms with Crippen LogP contribution >= 0.6 is 35.6 Å². The van der Waals surface area contributed by atoms with Crippen LogP contribution in [0.1, 0.15) is 41.5 Å². The van der Waals surface area contributed by atoms with Crippen LogP contribution in [0.15, 0.2) is 0 Å². The molecule has 0 aromatic carbocycles. The van der Waals surface area contributed by atoms with E-state index in [2.05, 4.69) is 69.3 Å². The molecule has 16 heavy (non-hydrogen) atoms. The summed E-state index contributed by atoms with van der Waals surface area (Å²) in [5.41, 5.74) is 0. The van der Waals surface area contributed by atoms with Crippen LogP contribution < -0.4 is 0 Å². The van der Waals surface area contributed by atoms with Crippen molar-refractivity contribution in [3.8, 4) is 0 Å². The molecule has 0 aliphatic rings. The molecule has 3 unspecified atom stereocenters. The second-order valence-corrected chi connectivity index (χ2v) is 11.9. The molecule has 4 heteroatoms. The Morgan fingerprint density at radius 1 is 0.625 bits per heavy atom. The van der Waals surface area contributed by atoms with E-state index in [1.165, 1.54) is 18.5 Å². The van der Waals surface area contributed by atoms with Crippen LogP contribution in [0.3, 0.4) is 0 Å². The van der Waals surface area contributed by atoms with Gasteiger partial charge in [-0.25, -0.2) is 0 Å². The first-order valence-electron chi connectivity index (χ1n) is 5.96. The van der Waals surface area contributed by atoms with Gasteiger partial charge in [0.2, 0.25) is 0 Å². The van der Waals surface area contributed by atoms with Gasteiger partial charge in [0.15, 0.2) is 0 Å². The van der Waals surface area contributed by atoms with Crippen molar-refractivity contribution in [1.29, 1.82) is 0 Å². The van der Waals surface area contributed by atoms with Crippen molar-refractivity contribution in [2.45, 2.75) is 57.0 Å². The van der Waals surface area contributed by atoms with Crippen LogP contribution in [-0.2, 0) is 0 Å². The van der Waals surface area contributed by atoms with Gasteiger partial charge in [0.05, 0.1) is 0 Å². The van der Waals surface area contributed by atoms with Gasteiger partial charge in [-0.2, -0.15) is 0 Å². The maximum atomic E-state index is 2.95. The van der Waals surface area contributed by atoms with E-state index in [0.717, 1.165) is 0 Å². The van der Waals surface area contributed by atoms with Crippen LogP contribution in [0.2, 0.25) is 0 Å². The van der Waals surface area contributed by atoms with Crippen molar-refractivity contribution >= 4 is 35.6 Å². The van der Waals surface area contributed by atoms with Crippen LogP contribution in [0.25, 0.3) is 0 Å². The monoisotopic (exact) mass is 298 g/mol. The molecule has 0 aromatic heterocycles. The Balaban J connectivity index is 5.40. The van der Waals surface area contributed by atoms with Gasteiger partial charge in [-0.15, -0.1) is 27.7 Å². The molecule has 0 amide bonds. The zero-order chi connectivity index (χ0) is 13.2. The topological polar surface area (TPSA) is 0 Å². The van der Waals surface area contributed by atoms with Crippen molar-refractivity contribution in [2.75, 3.05) is 18.5 Å². The fourth-order valence-electron chi connectivity index (χ4n) is 2.73. The summed E-state index contributed by atoms with van der Waals surface area (Å²) >= 11 is 0. The fraction of sp³-hybridized carbons (Fsp3) is 1.00. The van der Waals surface area contributed by atoms with E-state index < -0.39 is 0 Å². The highest BCUT2D eigenvalue weighted by Crippen LogP contribution is 2.68. The predicted molar refractivity (Wildman–Crippen MR) is 92.9 cm³/mol. The third-order valence-electron chi connectivity index (χ3n) is 3.31. The van der Waals surface area contributed by atoms with E-state index >= 15 is 0 Å². The van der Waals surface area contributed by atoms with Crippen molar-refractivity contribution in [3.05, 3.63) is 0 Å². The molecule has 0 fully saturated rings. The molecule has 0 saturated carbocycles. The number of rotatable bonds is 6. The first-order valence-corrected chi connectivity index (χ1v) is 9.75. The SMILES string of the molecule is CC(C)(CP)P(C(C)(C)CP)C(C)(C)CP. The Morgan fingerprint density at radius 3 is 0.938 bits per heavy atom. The van der Waals surface area contributed by atoms with Crippen molar-refractivity contribution < 1.29 is 0 Å². The van der Waals surface area contributed by atoms with Crippen LogP contribution in [0.5, 0.6) is 0 Å². The maximum absolute atomic E-state index is 2.95. The Bertz CT molecular complexity index is 183. The largest absolute Gasteiger partial charge is 0.137 e. The fourth-order valence-corrected chi connectivity index (χ4v) is 9.84. The quantitative estimate of drug-likeness (QED) is 0.636. The minimum Gasteiger partial charge on any atom is -0.137 e. The molecule has 0 aliphatic heterocycles. The Hall–Kier alpha value is 1.72. The standard InChI is InChI=1S/C12H30P4/c1-10(2,7-13)16(11(3,4)8-14)12(5,6)9-15/h7-9,13-15H2,1-6H3. The summed E-state index contributed by atoms with van der Waals surface area (Å²) in [6.45, 7) is 14.6. The number of hydrogen-bond acceptors (Lipinski definition) is 0. The van der Waals surface area contributed by atoms with Gasteiger partial charge in [0, 0.05) is 0 Å². The predicted octanol–water partition coefficient (Wildman–Crippen LogP) is 4.43. The third kappa shape index (κ3) is 4.13. The van der Waals surface area contributed by atoms with Gasteiger partial charge in [0.1, 0.15) is 0 Å². The normalized spacial score (nSPS) is 14.6. The summed E-state index contributed by atoms with van der Waals surface area (Å²) in [5, 5.41) is 1.29. The molecule has 0 radical (unpaired) electrons. The molecule has 3 atom stereocenters. The lowest BCUT2D eigenvalue weighted by Crippen LogP contribution is -2.42. The summed E-state index contributed by atoms with van der Waals surface area (Å²) in [6, 6.07) is 0. The second-order valence-electron chi connectivity index (χ2n) is 6.39. The van der Waals surface area contributed by atoms with Crippen LogP contribution in [-0.4, -0.2) is 34.0 Å². The summed E-state index contributed by atoms with van der Waals surface area (Å²) in [4.78, 5) is 0. The first kappa shape index (κ1) is 17.7. The summed E-state index contributed by atoms with van der Waals surface area (Å²) in [6.07, 6.45) is 3.59. The maximum Gasteiger partial charge on any atom is -0.0107 e. The van der Waals surface area contributed by atoms with Crippen molar-refractivity contribution in [3.63, 3.8) is 0 Å². The zero-order valence-corrected chi connectivity index (χ0v) is 16.2. The van der Waals surface area contributed by atoms with E-state index in [9.17, 15) is 0 Å². The molecule has 0 N–H and O–H groups in total. The molecule has 0 rings (SSSR count). The van der Waals surface area contributed by atoms with Gasteiger partial charge in [-0.1, -0.05) is 49.5 Å². The van der Waals surface area contributed by atoms with Crippen LogP contribution in [0.4, 0.5) is 0 Å². The average molecular weight is 298 g/mol. The summed E-state index contributed by atoms with van der Waals surface area (Å²) < 4.78 is 0. The smallest absolute Gasteiger partial charge is 0.0107 e. The van der Waals surface area contributed by atoms with E-state index in [1.807, 2.05) is 0 Å². The molecule has 0 heterocycles. The molecule has 98 valence electrons. The highest BCUT2D eigenvalue weighted by Gasteiger charge is 2.46. The van der Waals surface area contributed by atoms with E-state index in [4.69, 9.17) is 0 Å². The number of hydrogen-bond donors (Lipinski definition) is 0. The summed E-state index contributed by atoms with van der Waals surface area (Å²) in [5.74, 6) is 0. The van der Waals surface area contributed by atoms with Crippen LogP contribution in [0, 0.1) is 0 Å². The highest BCUT2D eigenvalue weighted by molar-refractivity contribution is 7.63. The van der Waals surface area contributed by atoms with Crippen molar-refractivity contribution in [1.82, 2.24) is 0 Å². The molecule has 0 aliphatic carbocycles. The molecular weight excluding hydrogens is 268 g/mol. The summed E-state index contributed by atoms with van der Waals surface area (Å²) in [7, 11) is 8.80. The second kappa shape index (κ2) is 6.25. The minimum absolute atomic E-state index is 0.0532. The van der Waals surface area contributed by atoms with E-state index in [-0.39, 0.29) is 7.92 Å². The molecule has 0 spiro atoms. The molecule has 0 saturated heterocycles. The lowest BCUT2D eigenvalue weighted by molar-refractivity contribution is 0.656. The highest BCUT2D eigenvalue weighted by atomic mass is 31.1. The molecule has 0 aromatic rings. The Morgan fingerprint density at radius 2 is 0.812 bits per heavy atom. The zero-order valence-electron chi connectivity index (χ0n) is 11.8. The van der Waals surface area contributed by atoms with Crippen molar-refractivity contribution in [2.24, 2.45) is 0 Å². The minimum atomic E-state index is -0.0532. The molecule has 0 bridgehead atoms. The third-order valence-corrected chi connectivity index (χ3v) is 11.6. The van der Waals surface area contributed by atoms with E-state index in [1.54, 1.807) is 0 Å². The molecular formula is C12H30P4. The van der Waals surface area contributed by atoms with Gasteiger partial charge in [0.25, 0.3) is 0 Å². The molecule has 0 nitrogen and oxygen atoms in total. The van der Waals surface area contributed by atoms with Gasteiger partial charge < -0.3 is 0 Å². The van der Waals surface area contributed by atoms with Gasteiger partial charge >= 0.3 is 0 Å². The Labute approximate surface area is 111 Å². The lowest BCUT2D eigenvalue weighted by Gasteiger charge is -2.53. The van der Waals surface area contributed by atoms with E-state index in [0.29, 0.717) is 15.5 Å².